The van der Waals surface area contributed by atoms with Crippen molar-refractivity contribution in [3.8, 4) is 11.3 Å². The number of nitrogens with zero attached hydrogens (tertiary/aromatic N) is 5. The third-order valence-corrected chi connectivity index (χ3v) is 8.53. The average molecular weight is 663 g/mol. The molecule has 258 valence electrons. The maximum atomic E-state index is 13.6. The standard InChI is InChI=1S/C35H46N6O7/c1-21-19-41(33(44)48-35(5,6)7)30-27(21)38-26(18-37-30)23-16-22-8-10-40(32(43)39-11-14-45-15-12-39)20-25(22)24(17-23)28-29(46-13-9-36-28)31(42)47-34(2,3)4/h16-19,28-29,36H,8-15,20H2,1-7H3/t28-,29?/m1/s1. The van der Waals surface area contributed by atoms with E-state index in [4.69, 9.17) is 23.9 Å². The van der Waals surface area contributed by atoms with E-state index in [9.17, 15) is 14.4 Å². The summed E-state index contributed by atoms with van der Waals surface area (Å²) in [5, 5.41) is 3.51. The van der Waals surface area contributed by atoms with Gasteiger partial charge in [-0.05, 0) is 89.3 Å². The molecule has 2 saturated heterocycles. The number of morpholine rings is 2. The molecule has 2 atom stereocenters. The fraction of sp³-hybridized carbons (Fsp3) is 0.571. The molecule has 2 fully saturated rings. The molecule has 0 radical (unpaired) electrons. The Morgan fingerprint density at radius 2 is 1.69 bits per heavy atom. The van der Waals surface area contributed by atoms with Gasteiger partial charge in [-0.15, -0.1) is 0 Å². The van der Waals surface area contributed by atoms with E-state index < -0.39 is 35.4 Å². The summed E-state index contributed by atoms with van der Waals surface area (Å²) in [6, 6.07) is 3.57. The van der Waals surface area contributed by atoms with Crippen LogP contribution < -0.4 is 5.32 Å². The summed E-state index contributed by atoms with van der Waals surface area (Å²) in [5.74, 6) is -0.448. The van der Waals surface area contributed by atoms with Gasteiger partial charge in [-0.2, -0.15) is 0 Å². The van der Waals surface area contributed by atoms with Gasteiger partial charge in [0.1, 0.15) is 16.7 Å². The number of ether oxygens (including phenoxy) is 4. The zero-order valence-corrected chi connectivity index (χ0v) is 28.9. The van der Waals surface area contributed by atoms with Crippen LogP contribution >= 0.6 is 0 Å². The molecule has 0 aliphatic carbocycles. The number of urea groups is 1. The number of carbonyl (C=O) groups excluding carboxylic acids is 3. The van der Waals surface area contributed by atoms with E-state index >= 15 is 0 Å². The topological polar surface area (TPSA) is 137 Å². The molecule has 5 heterocycles. The quantitative estimate of drug-likeness (QED) is 0.403. The normalized spacial score (nSPS) is 20.4. The molecule has 2 amide bonds. The summed E-state index contributed by atoms with van der Waals surface area (Å²) in [6.07, 6.45) is 2.56. The van der Waals surface area contributed by atoms with E-state index in [1.54, 1.807) is 12.4 Å². The van der Waals surface area contributed by atoms with E-state index in [2.05, 4.69) is 16.4 Å². The van der Waals surface area contributed by atoms with Crippen LogP contribution in [0.2, 0.25) is 0 Å². The van der Waals surface area contributed by atoms with Gasteiger partial charge in [0.05, 0.1) is 37.8 Å². The van der Waals surface area contributed by atoms with Crippen molar-refractivity contribution in [3.63, 3.8) is 0 Å². The summed E-state index contributed by atoms with van der Waals surface area (Å²) in [4.78, 5) is 53.4. The van der Waals surface area contributed by atoms with Crippen LogP contribution in [-0.4, -0.2) is 106 Å². The van der Waals surface area contributed by atoms with Gasteiger partial charge in [0.15, 0.2) is 11.8 Å². The van der Waals surface area contributed by atoms with Crippen LogP contribution in [0.4, 0.5) is 9.59 Å². The van der Waals surface area contributed by atoms with Crippen molar-refractivity contribution in [1.82, 2.24) is 29.7 Å². The lowest BCUT2D eigenvalue weighted by molar-refractivity contribution is -0.173. The molecule has 2 aromatic heterocycles. The van der Waals surface area contributed by atoms with Crippen molar-refractivity contribution in [2.75, 3.05) is 46.0 Å². The number of nitrogens with one attached hydrogen (secondary N) is 1. The van der Waals surface area contributed by atoms with E-state index in [0.29, 0.717) is 75.8 Å². The molecule has 13 heteroatoms. The highest BCUT2D eigenvalue weighted by Gasteiger charge is 2.39. The molecule has 13 nitrogen and oxygen atoms in total. The van der Waals surface area contributed by atoms with Crippen LogP contribution in [0.1, 0.15) is 69.8 Å². The number of fused-ring (bicyclic) bond motifs is 2. The zero-order valence-electron chi connectivity index (χ0n) is 28.9. The number of aryl methyl sites for hydroxylation is 1. The Labute approximate surface area is 280 Å². The highest BCUT2D eigenvalue weighted by molar-refractivity contribution is 5.88. The number of esters is 1. The predicted octanol–water partition coefficient (Wildman–Crippen LogP) is 4.37. The molecule has 3 aliphatic rings. The lowest BCUT2D eigenvalue weighted by Gasteiger charge is -2.39. The first-order chi connectivity index (χ1) is 22.7. The summed E-state index contributed by atoms with van der Waals surface area (Å²) >= 11 is 0. The minimum atomic E-state index is -0.888. The van der Waals surface area contributed by atoms with Gasteiger partial charge in [0.25, 0.3) is 0 Å². The Kier molecular flexibility index (Phi) is 9.22. The van der Waals surface area contributed by atoms with E-state index in [0.717, 1.165) is 27.8 Å². The van der Waals surface area contributed by atoms with Gasteiger partial charge < -0.3 is 34.1 Å². The first-order valence-electron chi connectivity index (χ1n) is 16.6. The van der Waals surface area contributed by atoms with E-state index in [-0.39, 0.29) is 6.03 Å². The third kappa shape index (κ3) is 7.18. The number of rotatable bonds is 3. The highest BCUT2D eigenvalue weighted by atomic mass is 16.6. The second-order valence-electron chi connectivity index (χ2n) is 14.6. The molecule has 0 bridgehead atoms. The predicted molar refractivity (Wildman–Crippen MR) is 178 cm³/mol. The van der Waals surface area contributed by atoms with Crippen LogP contribution in [-0.2, 0) is 36.7 Å². The first-order valence-corrected chi connectivity index (χ1v) is 16.6. The number of benzene rings is 1. The second-order valence-corrected chi connectivity index (χ2v) is 14.6. The number of hydrogen-bond acceptors (Lipinski definition) is 10. The summed E-state index contributed by atoms with van der Waals surface area (Å²) in [6.45, 7) is 16.9. The minimum absolute atomic E-state index is 0.0168. The second kappa shape index (κ2) is 13.1. The molecule has 48 heavy (non-hydrogen) atoms. The van der Waals surface area contributed by atoms with Crippen LogP contribution in [0.3, 0.4) is 0 Å². The average Bonchev–Trinajstić information content (AvgIpc) is 3.38. The molecule has 6 rings (SSSR count). The van der Waals surface area contributed by atoms with Crippen molar-refractivity contribution in [2.24, 2.45) is 0 Å². The lowest BCUT2D eigenvalue weighted by atomic mass is 9.86. The van der Waals surface area contributed by atoms with E-state index in [1.807, 2.05) is 64.3 Å². The molecule has 0 saturated carbocycles. The van der Waals surface area contributed by atoms with Crippen LogP contribution in [0.25, 0.3) is 22.4 Å². The molecule has 1 unspecified atom stereocenters. The Morgan fingerprint density at radius 1 is 0.958 bits per heavy atom. The molecule has 1 aromatic carbocycles. The SMILES string of the molecule is Cc1cn(C(=O)OC(C)(C)C)c2ncc(-c3cc4c(c([C@H]5NCCOC5C(=O)OC(C)(C)C)c3)CN(C(=O)N3CCOCC3)CC4)nc12. The number of amides is 2. The first kappa shape index (κ1) is 33.8. The van der Waals surface area contributed by atoms with Crippen molar-refractivity contribution >= 4 is 29.3 Å². The van der Waals surface area contributed by atoms with Gasteiger partial charge in [-0.1, -0.05) is 0 Å². The smallest absolute Gasteiger partial charge is 0.420 e. The van der Waals surface area contributed by atoms with Gasteiger partial charge in [0, 0.05) is 44.5 Å². The highest BCUT2D eigenvalue weighted by Crippen LogP contribution is 2.36. The fourth-order valence-electron chi connectivity index (χ4n) is 6.41. The molecule has 1 N–H and O–H groups in total. The molecule has 3 aromatic rings. The number of aromatic nitrogens is 3. The summed E-state index contributed by atoms with van der Waals surface area (Å²) in [5.41, 5.74) is 4.75. The van der Waals surface area contributed by atoms with Crippen molar-refractivity contribution in [3.05, 3.63) is 46.8 Å². The van der Waals surface area contributed by atoms with Gasteiger partial charge >= 0.3 is 18.1 Å². The lowest BCUT2D eigenvalue weighted by Crippen LogP contribution is -2.50. The molecule has 0 spiro atoms. The van der Waals surface area contributed by atoms with Crippen molar-refractivity contribution in [1.29, 1.82) is 0 Å². The van der Waals surface area contributed by atoms with E-state index in [1.165, 1.54) is 4.57 Å². The Hall–Kier alpha value is -4.07. The maximum Gasteiger partial charge on any atom is 0.420 e. The third-order valence-electron chi connectivity index (χ3n) is 8.53. The molecular formula is C35H46N6O7. The Morgan fingerprint density at radius 3 is 2.40 bits per heavy atom. The summed E-state index contributed by atoms with van der Waals surface area (Å²) < 4.78 is 24.3. The van der Waals surface area contributed by atoms with Gasteiger partial charge in [-0.25, -0.2) is 28.9 Å². The Bertz CT molecular complexity index is 1720. The number of carbonyl (C=O) groups is 3. The van der Waals surface area contributed by atoms with Gasteiger partial charge in [-0.3, -0.25) is 0 Å². The summed E-state index contributed by atoms with van der Waals surface area (Å²) in [7, 11) is 0. The monoisotopic (exact) mass is 662 g/mol. The van der Waals surface area contributed by atoms with Crippen molar-refractivity contribution in [2.45, 2.75) is 84.8 Å². The largest absolute Gasteiger partial charge is 0.458 e. The minimum Gasteiger partial charge on any atom is -0.458 e. The fourth-order valence-corrected chi connectivity index (χ4v) is 6.41. The zero-order chi connectivity index (χ0) is 34.4. The van der Waals surface area contributed by atoms with Gasteiger partial charge in [0.2, 0.25) is 0 Å². The molecule has 3 aliphatic heterocycles. The van der Waals surface area contributed by atoms with Crippen LogP contribution in [0.5, 0.6) is 0 Å². The van der Waals surface area contributed by atoms with Crippen LogP contribution in [0, 0.1) is 6.92 Å². The van der Waals surface area contributed by atoms with Crippen molar-refractivity contribution < 1.29 is 33.3 Å². The Balaban J connectivity index is 1.41. The maximum absolute atomic E-state index is 13.6. The van der Waals surface area contributed by atoms with Crippen LogP contribution in [0.15, 0.2) is 24.5 Å². The molecular weight excluding hydrogens is 616 g/mol. The number of hydrogen-bond donors (Lipinski definition) is 1.